The molecule has 0 unspecified atom stereocenters. The second-order valence-electron chi connectivity index (χ2n) is 7.46. The van der Waals surface area contributed by atoms with Crippen LogP contribution in [0.3, 0.4) is 0 Å². The van der Waals surface area contributed by atoms with Gasteiger partial charge in [0.1, 0.15) is 11.3 Å². The molecular formula is C28H26O9. The van der Waals surface area contributed by atoms with E-state index in [-0.39, 0.29) is 40.8 Å². The van der Waals surface area contributed by atoms with Crippen LogP contribution in [0.25, 0.3) is 12.2 Å². The van der Waals surface area contributed by atoms with Crippen LogP contribution in [-0.2, 0) is 9.59 Å². The highest BCUT2D eigenvalue weighted by Crippen LogP contribution is 2.27. The molecule has 9 nitrogen and oxygen atoms in total. The number of phenols is 3. The molecule has 0 fully saturated rings. The predicted molar refractivity (Wildman–Crippen MR) is 137 cm³/mol. The lowest BCUT2D eigenvalue weighted by molar-refractivity contribution is -0.121. The summed E-state index contributed by atoms with van der Waals surface area (Å²) >= 11 is 0. The summed E-state index contributed by atoms with van der Waals surface area (Å²) in [7, 11) is 2.87. The van der Waals surface area contributed by atoms with Gasteiger partial charge < -0.3 is 29.9 Å². The van der Waals surface area contributed by atoms with Crippen molar-refractivity contribution >= 4 is 29.7 Å². The zero-order valence-corrected chi connectivity index (χ0v) is 20.1. The number of carbonyl (C=O) groups excluding carboxylic acids is 2. The number of hydrogen-bond acceptors (Lipinski definition) is 8. The number of benzene rings is 3. The Balaban J connectivity index is 0.000000402. The van der Waals surface area contributed by atoms with E-state index < -0.39 is 5.97 Å². The number of carbonyl (C=O) groups is 3. The van der Waals surface area contributed by atoms with E-state index in [0.29, 0.717) is 22.6 Å². The van der Waals surface area contributed by atoms with Gasteiger partial charge in [0, 0.05) is 0 Å². The molecule has 9 heteroatoms. The van der Waals surface area contributed by atoms with Gasteiger partial charge in [0.25, 0.3) is 0 Å². The van der Waals surface area contributed by atoms with Crippen molar-refractivity contribution in [2.24, 2.45) is 0 Å². The molecule has 0 bridgehead atoms. The third-order valence-corrected chi connectivity index (χ3v) is 4.81. The maximum atomic E-state index is 11.9. The number of allylic oxidation sites excluding steroid dienone is 2. The summed E-state index contributed by atoms with van der Waals surface area (Å²) in [6.07, 6.45) is 5.44. The van der Waals surface area contributed by atoms with Crippen LogP contribution in [-0.4, -0.2) is 52.2 Å². The summed E-state index contributed by atoms with van der Waals surface area (Å²) < 4.78 is 10.00. The van der Waals surface area contributed by atoms with Gasteiger partial charge in [-0.2, -0.15) is 0 Å². The van der Waals surface area contributed by atoms with Gasteiger partial charge in [0.15, 0.2) is 34.6 Å². The summed E-state index contributed by atoms with van der Waals surface area (Å²) in [6, 6.07) is 15.2. The number of aromatic carboxylic acids is 1. The van der Waals surface area contributed by atoms with Crippen molar-refractivity contribution < 1.29 is 44.3 Å². The van der Waals surface area contributed by atoms with E-state index in [1.807, 2.05) is 0 Å². The molecule has 0 aliphatic rings. The Kier molecular flexibility index (Phi) is 10.5. The van der Waals surface area contributed by atoms with E-state index >= 15 is 0 Å². The van der Waals surface area contributed by atoms with Gasteiger partial charge in [-0.25, -0.2) is 4.79 Å². The number of ether oxygens (including phenoxy) is 2. The van der Waals surface area contributed by atoms with Crippen LogP contribution in [0.5, 0.6) is 28.7 Å². The van der Waals surface area contributed by atoms with Crippen LogP contribution < -0.4 is 9.47 Å². The molecule has 0 aliphatic heterocycles. The summed E-state index contributed by atoms with van der Waals surface area (Å²) in [4.78, 5) is 34.1. The van der Waals surface area contributed by atoms with E-state index in [2.05, 4.69) is 0 Å². The Hall–Kier alpha value is -5.05. The number of para-hydroxylation sites is 1. The smallest absolute Gasteiger partial charge is 0.339 e. The van der Waals surface area contributed by atoms with Crippen LogP contribution >= 0.6 is 0 Å². The molecule has 0 radical (unpaired) electrons. The number of phenolic OH excluding ortho intramolecular Hbond substituents is 2. The van der Waals surface area contributed by atoms with E-state index in [9.17, 15) is 24.6 Å². The van der Waals surface area contributed by atoms with Gasteiger partial charge >= 0.3 is 5.97 Å². The van der Waals surface area contributed by atoms with Gasteiger partial charge in [0.05, 0.1) is 20.6 Å². The number of hydrogen-bond donors (Lipinski definition) is 4. The Labute approximate surface area is 213 Å². The van der Waals surface area contributed by atoms with E-state index in [4.69, 9.17) is 19.7 Å². The van der Waals surface area contributed by atoms with Crippen LogP contribution in [0.4, 0.5) is 0 Å². The average molecular weight is 507 g/mol. The number of carboxylic acid groups (broad SMARTS) is 1. The van der Waals surface area contributed by atoms with Crippen LogP contribution in [0, 0.1) is 0 Å². The van der Waals surface area contributed by atoms with Gasteiger partial charge in [-0.15, -0.1) is 0 Å². The third kappa shape index (κ3) is 8.91. The van der Waals surface area contributed by atoms with Crippen molar-refractivity contribution in [2.75, 3.05) is 14.2 Å². The molecule has 37 heavy (non-hydrogen) atoms. The first-order valence-corrected chi connectivity index (χ1v) is 10.8. The van der Waals surface area contributed by atoms with Gasteiger partial charge in [-0.05, 0) is 59.7 Å². The maximum absolute atomic E-state index is 11.9. The third-order valence-electron chi connectivity index (χ3n) is 4.81. The number of methoxy groups -OCH3 is 2. The monoisotopic (exact) mass is 506 g/mol. The molecule has 0 heterocycles. The van der Waals surface area contributed by atoms with E-state index in [1.165, 1.54) is 50.6 Å². The Morgan fingerprint density at radius 2 is 1.16 bits per heavy atom. The second-order valence-corrected chi connectivity index (χ2v) is 7.46. The molecule has 192 valence electrons. The summed E-state index contributed by atoms with van der Waals surface area (Å²) in [5, 5.41) is 36.4. The van der Waals surface area contributed by atoms with Crippen LogP contribution in [0.1, 0.15) is 27.9 Å². The molecule has 3 aromatic rings. The molecule has 0 saturated heterocycles. The Morgan fingerprint density at radius 3 is 1.54 bits per heavy atom. The maximum Gasteiger partial charge on any atom is 0.339 e. The van der Waals surface area contributed by atoms with Crippen LogP contribution in [0.2, 0.25) is 0 Å². The van der Waals surface area contributed by atoms with Crippen LogP contribution in [0.15, 0.2) is 72.8 Å². The topological polar surface area (TPSA) is 151 Å². The fourth-order valence-electron chi connectivity index (χ4n) is 2.92. The molecule has 0 spiro atoms. The minimum Gasteiger partial charge on any atom is -0.507 e. The standard InChI is InChI=1S/C21H20O6.C7H6O3/c1-26-20-11-14(5-9-18(20)24)3-7-16(22)13-17(23)8-4-15-6-10-19(25)21(12-15)27-2;8-6-4-2-1-3-5(6)7(9)10/h3-12,24-25H,13H2,1-2H3;1-4,8H,(H,9,10). The highest BCUT2D eigenvalue weighted by molar-refractivity contribution is 6.10. The van der Waals surface area contributed by atoms with Crippen molar-refractivity contribution in [3.63, 3.8) is 0 Å². The first kappa shape index (κ1) is 28.2. The van der Waals surface area contributed by atoms with Gasteiger partial charge in [0.2, 0.25) is 0 Å². The first-order chi connectivity index (χ1) is 17.6. The zero-order chi connectivity index (χ0) is 27.4. The largest absolute Gasteiger partial charge is 0.507 e. The van der Waals surface area contributed by atoms with Crippen molar-refractivity contribution in [1.29, 1.82) is 0 Å². The summed E-state index contributed by atoms with van der Waals surface area (Å²) in [5.41, 5.74) is 1.26. The zero-order valence-electron chi connectivity index (χ0n) is 20.1. The Morgan fingerprint density at radius 1 is 0.703 bits per heavy atom. The molecule has 0 atom stereocenters. The highest BCUT2D eigenvalue weighted by Gasteiger charge is 2.07. The second kappa shape index (κ2) is 13.7. The molecule has 0 aliphatic carbocycles. The minimum absolute atomic E-state index is 0.00662. The summed E-state index contributed by atoms with van der Waals surface area (Å²) in [6.45, 7) is 0. The van der Waals surface area contributed by atoms with Gasteiger partial charge in [-0.3, -0.25) is 9.59 Å². The SMILES string of the molecule is COc1cc(C=CC(=O)CC(=O)C=Cc2ccc(O)c(OC)c2)ccc1O.O=C(O)c1ccccc1O. The highest BCUT2D eigenvalue weighted by atomic mass is 16.5. The van der Waals surface area contributed by atoms with Crippen molar-refractivity contribution in [2.45, 2.75) is 6.42 Å². The molecular weight excluding hydrogens is 480 g/mol. The molecule has 3 rings (SSSR count). The predicted octanol–water partition coefficient (Wildman–Crippen LogP) is 4.46. The first-order valence-electron chi connectivity index (χ1n) is 10.8. The number of ketones is 2. The quantitative estimate of drug-likeness (QED) is 0.244. The van der Waals surface area contributed by atoms with Crippen molar-refractivity contribution in [3.05, 3.63) is 89.5 Å². The molecule has 0 aromatic heterocycles. The van der Waals surface area contributed by atoms with Crippen molar-refractivity contribution in [1.82, 2.24) is 0 Å². The average Bonchev–Trinajstić information content (AvgIpc) is 2.88. The summed E-state index contributed by atoms with van der Waals surface area (Å²) in [5.74, 6) is -1.40. The normalized spacial score (nSPS) is 10.5. The fourth-order valence-corrected chi connectivity index (χ4v) is 2.92. The van der Waals surface area contributed by atoms with E-state index in [0.717, 1.165) is 0 Å². The van der Waals surface area contributed by atoms with Gasteiger partial charge in [-0.1, -0.05) is 36.4 Å². The lowest BCUT2D eigenvalue weighted by Gasteiger charge is -2.03. The number of aromatic hydroxyl groups is 3. The fraction of sp³-hybridized carbons (Fsp3) is 0.107. The molecule has 4 N–H and O–H groups in total. The van der Waals surface area contributed by atoms with E-state index in [1.54, 1.807) is 48.6 Å². The van der Waals surface area contributed by atoms with Crippen molar-refractivity contribution in [3.8, 4) is 28.7 Å². The minimum atomic E-state index is -1.11. The Bertz CT molecular complexity index is 1250. The lowest BCUT2D eigenvalue weighted by Crippen LogP contribution is -2.01. The molecule has 0 saturated carbocycles. The lowest BCUT2D eigenvalue weighted by atomic mass is 10.1. The number of rotatable bonds is 9. The number of carboxylic acids is 1. The molecule has 3 aromatic carbocycles. The molecule has 0 amide bonds.